The Balaban J connectivity index is 1.74. The minimum Gasteiger partial charge on any atom is -0.294 e. The predicted molar refractivity (Wildman–Crippen MR) is 99.5 cm³/mol. The molecule has 0 spiro atoms. The Morgan fingerprint density at radius 2 is 1.69 bits per heavy atom. The fourth-order valence-electron chi connectivity index (χ4n) is 3.33. The van der Waals surface area contributed by atoms with Gasteiger partial charge >= 0.3 is 0 Å². The Morgan fingerprint density at radius 1 is 0.962 bits per heavy atom. The van der Waals surface area contributed by atoms with Crippen molar-refractivity contribution in [1.29, 1.82) is 5.26 Å². The molecular formula is C22H12ClNO2. The Labute approximate surface area is 155 Å². The molecule has 1 aliphatic carbocycles. The molecule has 0 fully saturated rings. The van der Waals surface area contributed by atoms with E-state index in [0.29, 0.717) is 32.8 Å². The third-order valence-electron chi connectivity index (χ3n) is 4.59. The van der Waals surface area contributed by atoms with Gasteiger partial charge in [-0.15, -0.1) is 0 Å². The van der Waals surface area contributed by atoms with Crippen LogP contribution in [0.5, 0.6) is 0 Å². The van der Waals surface area contributed by atoms with Crippen molar-refractivity contribution < 1.29 is 9.59 Å². The van der Waals surface area contributed by atoms with Crippen LogP contribution in [0.25, 0.3) is 11.1 Å². The molecule has 0 radical (unpaired) electrons. The monoisotopic (exact) mass is 357 g/mol. The van der Waals surface area contributed by atoms with Crippen molar-refractivity contribution in [2.45, 2.75) is 6.42 Å². The lowest BCUT2D eigenvalue weighted by molar-refractivity contribution is 0.0977. The Kier molecular flexibility index (Phi) is 3.91. The molecule has 26 heavy (non-hydrogen) atoms. The highest BCUT2D eigenvalue weighted by Crippen LogP contribution is 2.38. The Bertz CT molecular complexity index is 1130. The lowest BCUT2D eigenvalue weighted by atomic mass is 9.94. The summed E-state index contributed by atoms with van der Waals surface area (Å²) in [5, 5.41) is 9.30. The average Bonchev–Trinajstić information content (AvgIpc) is 2.96. The number of halogens is 1. The van der Waals surface area contributed by atoms with Crippen molar-refractivity contribution in [2.24, 2.45) is 0 Å². The van der Waals surface area contributed by atoms with Gasteiger partial charge in [-0.05, 0) is 28.8 Å². The summed E-state index contributed by atoms with van der Waals surface area (Å²) in [4.78, 5) is 25.7. The summed E-state index contributed by atoms with van der Waals surface area (Å²) in [5.41, 5.74) is 4.22. The van der Waals surface area contributed by atoms with Crippen molar-refractivity contribution in [3.8, 4) is 17.2 Å². The summed E-state index contributed by atoms with van der Waals surface area (Å²) in [6.45, 7) is 0. The topological polar surface area (TPSA) is 57.9 Å². The van der Waals surface area contributed by atoms with Crippen molar-refractivity contribution in [2.75, 3.05) is 0 Å². The largest absolute Gasteiger partial charge is 0.294 e. The molecule has 0 aliphatic heterocycles. The second kappa shape index (κ2) is 6.25. The van der Waals surface area contributed by atoms with Gasteiger partial charge in [0.05, 0.1) is 11.6 Å². The maximum Gasteiger partial charge on any atom is 0.195 e. The molecule has 0 N–H and O–H groups in total. The third kappa shape index (κ3) is 2.52. The van der Waals surface area contributed by atoms with Crippen molar-refractivity contribution in [3.05, 3.63) is 93.5 Å². The van der Waals surface area contributed by atoms with E-state index in [-0.39, 0.29) is 18.0 Å². The van der Waals surface area contributed by atoms with E-state index in [9.17, 15) is 9.59 Å². The van der Waals surface area contributed by atoms with E-state index in [1.807, 2.05) is 30.3 Å². The average molecular weight is 358 g/mol. The van der Waals surface area contributed by atoms with Crippen molar-refractivity contribution in [3.63, 3.8) is 0 Å². The van der Waals surface area contributed by atoms with Gasteiger partial charge in [0.25, 0.3) is 0 Å². The van der Waals surface area contributed by atoms with Crippen LogP contribution in [-0.4, -0.2) is 11.6 Å². The van der Waals surface area contributed by atoms with Crippen LogP contribution >= 0.6 is 11.6 Å². The smallest absolute Gasteiger partial charge is 0.195 e. The molecule has 0 bridgehead atoms. The van der Waals surface area contributed by atoms with E-state index in [1.54, 1.807) is 36.4 Å². The SMILES string of the molecule is N#Cc1ccc(CC(=O)c2cccc3c2C(=O)c2ccccc2-3)c(Cl)c1. The summed E-state index contributed by atoms with van der Waals surface area (Å²) >= 11 is 6.19. The van der Waals surface area contributed by atoms with Crippen molar-refractivity contribution in [1.82, 2.24) is 0 Å². The third-order valence-corrected chi connectivity index (χ3v) is 4.94. The van der Waals surface area contributed by atoms with E-state index >= 15 is 0 Å². The quantitative estimate of drug-likeness (QED) is 0.492. The van der Waals surface area contributed by atoms with Crippen LogP contribution in [0.3, 0.4) is 0 Å². The molecule has 0 saturated heterocycles. The lowest BCUT2D eigenvalue weighted by Gasteiger charge is -2.08. The number of carbonyl (C=O) groups is 2. The molecule has 124 valence electrons. The van der Waals surface area contributed by atoms with Crippen LogP contribution in [0.15, 0.2) is 60.7 Å². The first-order valence-corrected chi connectivity index (χ1v) is 8.47. The molecule has 4 rings (SSSR count). The van der Waals surface area contributed by atoms with Gasteiger partial charge in [-0.2, -0.15) is 5.26 Å². The van der Waals surface area contributed by atoms with Crippen LogP contribution in [0.1, 0.15) is 37.4 Å². The van der Waals surface area contributed by atoms with Gasteiger partial charge in [-0.3, -0.25) is 9.59 Å². The minimum atomic E-state index is -0.172. The molecule has 0 amide bonds. The number of carbonyl (C=O) groups excluding carboxylic acids is 2. The Morgan fingerprint density at radius 3 is 2.42 bits per heavy atom. The highest BCUT2D eigenvalue weighted by molar-refractivity contribution is 6.32. The van der Waals surface area contributed by atoms with Crippen LogP contribution < -0.4 is 0 Å². The number of nitriles is 1. The first kappa shape index (κ1) is 16.3. The summed E-state index contributed by atoms with van der Waals surface area (Å²) in [6, 6.07) is 19.6. The number of ketones is 2. The molecule has 0 heterocycles. The molecule has 3 aromatic rings. The molecule has 3 aromatic carbocycles. The normalized spacial score (nSPS) is 11.6. The lowest BCUT2D eigenvalue weighted by Crippen LogP contribution is -2.10. The fraction of sp³-hybridized carbons (Fsp3) is 0.0455. The first-order chi connectivity index (χ1) is 12.6. The van der Waals surface area contributed by atoms with Gasteiger partial charge in [0.1, 0.15) is 0 Å². The number of Topliss-reactive ketones (excluding diaryl/α,β-unsaturated/α-hetero) is 1. The van der Waals surface area contributed by atoms with Gasteiger partial charge < -0.3 is 0 Å². The van der Waals surface area contributed by atoms with Crippen LogP contribution in [0.4, 0.5) is 0 Å². The number of nitrogens with zero attached hydrogens (tertiary/aromatic N) is 1. The number of hydrogen-bond donors (Lipinski definition) is 0. The molecule has 0 saturated carbocycles. The van der Waals surface area contributed by atoms with Crippen LogP contribution in [0.2, 0.25) is 5.02 Å². The summed E-state index contributed by atoms with van der Waals surface area (Å²) in [5.74, 6) is -0.292. The molecule has 0 atom stereocenters. The molecule has 3 nitrogen and oxygen atoms in total. The molecular weight excluding hydrogens is 346 g/mol. The molecule has 4 heteroatoms. The van der Waals surface area contributed by atoms with Gasteiger partial charge in [0.15, 0.2) is 11.6 Å². The highest BCUT2D eigenvalue weighted by atomic mass is 35.5. The van der Waals surface area contributed by atoms with E-state index in [0.717, 1.165) is 11.1 Å². The standard InChI is InChI=1S/C22H12ClNO2/c23-19-10-13(12-24)8-9-14(19)11-20(25)18-7-3-6-16-15-4-1-2-5-17(15)22(26)21(16)18/h1-10H,11H2. The maximum atomic E-state index is 12.9. The van der Waals surface area contributed by atoms with E-state index in [4.69, 9.17) is 16.9 Å². The van der Waals surface area contributed by atoms with E-state index in [2.05, 4.69) is 0 Å². The summed E-state index contributed by atoms with van der Waals surface area (Å²) in [6.07, 6.45) is 0.0740. The fourth-order valence-corrected chi connectivity index (χ4v) is 3.58. The van der Waals surface area contributed by atoms with Crippen LogP contribution in [-0.2, 0) is 6.42 Å². The number of rotatable bonds is 3. The predicted octanol–water partition coefficient (Wildman–Crippen LogP) is 4.85. The zero-order valence-corrected chi connectivity index (χ0v) is 14.4. The second-order valence-electron chi connectivity index (χ2n) is 6.12. The van der Waals surface area contributed by atoms with Crippen molar-refractivity contribution >= 4 is 23.2 Å². The highest BCUT2D eigenvalue weighted by Gasteiger charge is 2.30. The molecule has 0 aromatic heterocycles. The second-order valence-corrected chi connectivity index (χ2v) is 6.53. The summed E-state index contributed by atoms with van der Waals surface area (Å²) < 4.78 is 0. The van der Waals surface area contributed by atoms with Gasteiger partial charge in [0.2, 0.25) is 0 Å². The minimum absolute atomic E-state index is 0.0740. The molecule has 0 unspecified atom stereocenters. The Hall–Kier alpha value is -3.22. The van der Waals surface area contributed by atoms with Gasteiger partial charge in [-0.1, -0.05) is 60.1 Å². The number of fused-ring (bicyclic) bond motifs is 3. The number of hydrogen-bond acceptors (Lipinski definition) is 3. The zero-order chi connectivity index (χ0) is 18.3. The first-order valence-electron chi connectivity index (χ1n) is 8.09. The van der Waals surface area contributed by atoms with Gasteiger partial charge in [-0.25, -0.2) is 0 Å². The van der Waals surface area contributed by atoms with E-state index < -0.39 is 0 Å². The summed E-state index contributed by atoms with van der Waals surface area (Å²) in [7, 11) is 0. The number of benzene rings is 3. The van der Waals surface area contributed by atoms with E-state index in [1.165, 1.54) is 0 Å². The maximum absolute atomic E-state index is 12.9. The van der Waals surface area contributed by atoms with Gasteiger partial charge in [0, 0.05) is 28.1 Å². The van der Waals surface area contributed by atoms with Crippen LogP contribution in [0, 0.1) is 11.3 Å². The zero-order valence-electron chi connectivity index (χ0n) is 13.6. The molecule has 1 aliphatic rings.